The number of benzene rings is 2. The van der Waals surface area contributed by atoms with E-state index in [0.29, 0.717) is 17.1 Å². The van der Waals surface area contributed by atoms with Crippen LogP contribution in [0, 0.1) is 5.82 Å². The number of nitrogens with one attached hydrogen (secondary N) is 1. The van der Waals surface area contributed by atoms with Crippen molar-refractivity contribution < 1.29 is 18.7 Å². The first-order valence-corrected chi connectivity index (χ1v) is 8.47. The fourth-order valence-electron chi connectivity index (χ4n) is 2.43. The van der Waals surface area contributed by atoms with Gasteiger partial charge < -0.3 is 14.8 Å². The molecule has 0 saturated carbocycles. The van der Waals surface area contributed by atoms with Gasteiger partial charge in [-0.3, -0.25) is 4.79 Å². The molecule has 0 aliphatic heterocycles. The van der Waals surface area contributed by atoms with Crippen LogP contribution >= 0.6 is 0 Å². The monoisotopic (exact) mass is 357 g/mol. The van der Waals surface area contributed by atoms with E-state index in [1.807, 2.05) is 39.0 Å². The number of rotatable bonds is 7. The van der Waals surface area contributed by atoms with Crippen molar-refractivity contribution in [3.05, 3.63) is 65.5 Å². The molecule has 1 amide bonds. The topological polar surface area (TPSA) is 47.6 Å². The van der Waals surface area contributed by atoms with Crippen LogP contribution < -0.4 is 14.8 Å². The zero-order chi connectivity index (χ0) is 19.1. The van der Waals surface area contributed by atoms with E-state index in [0.717, 1.165) is 5.56 Å². The molecule has 2 rings (SSSR count). The minimum Gasteiger partial charge on any atom is -0.493 e. The molecule has 138 valence electrons. The molecule has 0 spiro atoms. The van der Waals surface area contributed by atoms with Gasteiger partial charge in [0.05, 0.1) is 19.3 Å². The first kappa shape index (κ1) is 19.5. The van der Waals surface area contributed by atoms with Crippen LogP contribution in [0.3, 0.4) is 0 Å². The Hall–Kier alpha value is -2.82. The third kappa shape index (κ3) is 5.62. The highest BCUT2D eigenvalue weighted by molar-refractivity contribution is 5.91. The van der Waals surface area contributed by atoms with Crippen molar-refractivity contribution in [1.29, 1.82) is 0 Å². The van der Waals surface area contributed by atoms with Gasteiger partial charge in [0.2, 0.25) is 5.91 Å². The Balaban J connectivity index is 2.04. The van der Waals surface area contributed by atoms with E-state index in [1.54, 1.807) is 25.3 Å². The lowest BCUT2D eigenvalue weighted by molar-refractivity contribution is -0.117. The Morgan fingerprint density at radius 3 is 2.54 bits per heavy atom. The fraction of sp³-hybridized carbons (Fsp3) is 0.286. The summed E-state index contributed by atoms with van der Waals surface area (Å²) < 4.78 is 24.2. The van der Waals surface area contributed by atoms with Crippen LogP contribution in [0.1, 0.15) is 37.9 Å². The second-order valence-corrected chi connectivity index (χ2v) is 6.20. The van der Waals surface area contributed by atoms with E-state index >= 15 is 0 Å². The number of halogens is 1. The van der Waals surface area contributed by atoms with Crippen LogP contribution in [-0.2, 0) is 4.79 Å². The zero-order valence-corrected chi connectivity index (χ0v) is 15.5. The lowest BCUT2D eigenvalue weighted by Gasteiger charge is -2.17. The van der Waals surface area contributed by atoms with Gasteiger partial charge in [-0.2, -0.15) is 0 Å². The molecule has 1 N–H and O–H groups in total. The second kappa shape index (κ2) is 9.04. The molecule has 0 heterocycles. The normalized spacial score (nSPS) is 12.2. The number of methoxy groups -OCH3 is 1. The summed E-state index contributed by atoms with van der Waals surface area (Å²) in [6, 6.07) is 11.4. The highest BCUT2D eigenvalue weighted by Gasteiger charge is 2.12. The summed E-state index contributed by atoms with van der Waals surface area (Å²) in [6.07, 6.45) is 3.00. The maximum absolute atomic E-state index is 13.1. The van der Waals surface area contributed by atoms with Gasteiger partial charge in [0.1, 0.15) is 5.82 Å². The predicted octanol–water partition coefficient (Wildman–Crippen LogP) is 4.51. The van der Waals surface area contributed by atoms with Gasteiger partial charge in [-0.15, -0.1) is 0 Å². The van der Waals surface area contributed by atoms with Crippen LogP contribution in [0.5, 0.6) is 11.5 Å². The van der Waals surface area contributed by atoms with Crippen LogP contribution in [0.2, 0.25) is 0 Å². The van der Waals surface area contributed by atoms with E-state index in [1.165, 1.54) is 18.2 Å². The number of ether oxygens (including phenoxy) is 2. The Bertz CT molecular complexity index is 787. The van der Waals surface area contributed by atoms with Gasteiger partial charge in [-0.05, 0) is 62.2 Å². The first-order valence-electron chi connectivity index (χ1n) is 8.47. The van der Waals surface area contributed by atoms with E-state index < -0.39 is 0 Å². The smallest absolute Gasteiger partial charge is 0.244 e. The Labute approximate surface area is 153 Å². The van der Waals surface area contributed by atoms with Crippen LogP contribution in [0.15, 0.2) is 48.5 Å². The number of hydrogen-bond acceptors (Lipinski definition) is 3. The van der Waals surface area contributed by atoms with Gasteiger partial charge in [-0.25, -0.2) is 4.39 Å². The van der Waals surface area contributed by atoms with E-state index in [-0.39, 0.29) is 23.9 Å². The quantitative estimate of drug-likeness (QED) is 0.742. The van der Waals surface area contributed by atoms with Crippen molar-refractivity contribution >= 4 is 12.0 Å². The van der Waals surface area contributed by atoms with Crippen LogP contribution in [-0.4, -0.2) is 19.1 Å². The number of hydrogen-bond donors (Lipinski definition) is 1. The molecule has 1 atom stereocenters. The van der Waals surface area contributed by atoms with Crippen molar-refractivity contribution in [2.75, 3.05) is 7.11 Å². The molecular weight excluding hydrogens is 333 g/mol. The molecule has 26 heavy (non-hydrogen) atoms. The van der Waals surface area contributed by atoms with Crippen molar-refractivity contribution in [3.8, 4) is 11.5 Å². The predicted molar refractivity (Wildman–Crippen MR) is 101 cm³/mol. The molecular formula is C21H24FNO3. The Kier molecular flexibility index (Phi) is 6.78. The maximum atomic E-state index is 13.1. The minimum atomic E-state index is -0.336. The highest BCUT2D eigenvalue weighted by Crippen LogP contribution is 2.31. The summed E-state index contributed by atoms with van der Waals surface area (Å²) in [6.45, 7) is 5.77. The van der Waals surface area contributed by atoms with Gasteiger partial charge in [0.25, 0.3) is 0 Å². The second-order valence-electron chi connectivity index (χ2n) is 6.20. The molecule has 2 aromatic rings. The number of carbonyl (C=O) groups excluding carboxylic acids is 1. The molecule has 2 aromatic carbocycles. The van der Waals surface area contributed by atoms with Crippen molar-refractivity contribution in [1.82, 2.24) is 5.32 Å². The summed E-state index contributed by atoms with van der Waals surface area (Å²) in [4.78, 5) is 12.1. The maximum Gasteiger partial charge on any atom is 0.244 e. The van der Waals surface area contributed by atoms with Gasteiger partial charge >= 0.3 is 0 Å². The number of carbonyl (C=O) groups is 1. The lowest BCUT2D eigenvalue weighted by Crippen LogP contribution is -2.24. The minimum absolute atomic E-state index is 0.0415. The molecule has 1 unspecified atom stereocenters. The number of amides is 1. The van der Waals surface area contributed by atoms with Gasteiger partial charge in [0.15, 0.2) is 11.5 Å². The first-order chi connectivity index (χ1) is 12.4. The molecule has 0 aromatic heterocycles. The summed E-state index contributed by atoms with van der Waals surface area (Å²) in [5.41, 5.74) is 1.52. The Morgan fingerprint density at radius 2 is 1.88 bits per heavy atom. The zero-order valence-electron chi connectivity index (χ0n) is 15.5. The third-order valence-electron chi connectivity index (χ3n) is 3.68. The average Bonchev–Trinajstić information content (AvgIpc) is 2.60. The molecule has 4 nitrogen and oxygen atoms in total. The molecule has 0 radical (unpaired) electrons. The van der Waals surface area contributed by atoms with Gasteiger partial charge in [0, 0.05) is 6.08 Å². The van der Waals surface area contributed by atoms with E-state index in [4.69, 9.17) is 9.47 Å². The molecule has 0 aliphatic rings. The van der Waals surface area contributed by atoms with Gasteiger partial charge in [-0.1, -0.05) is 18.2 Å². The molecule has 0 saturated heterocycles. The Morgan fingerprint density at radius 1 is 1.12 bits per heavy atom. The van der Waals surface area contributed by atoms with E-state index in [2.05, 4.69) is 5.32 Å². The standard InChI is InChI=1S/C21H24FNO3/c1-14(2)26-19-10-9-17(13-20(19)25-4)15(3)23-21(24)11-8-16-6-5-7-18(22)12-16/h5-15H,1-4H3,(H,23,24)/b11-8+. The average molecular weight is 357 g/mol. The molecule has 5 heteroatoms. The summed E-state index contributed by atoms with van der Waals surface area (Å²) in [5, 5.41) is 2.88. The van der Waals surface area contributed by atoms with E-state index in [9.17, 15) is 9.18 Å². The highest BCUT2D eigenvalue weighted by atomic mass is 19.1. The van der Waals surface area contributed by atoms with Crippen molar-refractivity contribution in [2.24, 2.45) is 0 Å². The van der Waals surface area contributed by atoms with Crippen LogP contribution in [0.4, 0.5) is 4.39 Å². The van der Waals surface area contributed by atoms with Crippen LogP contribution in [0.25, 0.3) is 6.08 Å². The molecule has 0 aliphatic carbocycles. The summed E-state index contributed by atoms with van der Waals surface area (Å²) >= 11 is 0. The largest absolute Gasteiger partial charge is 0.493 e. The summed E-state index contributed by atoms with van der Waals surface area (Å²) in [5.74, 6) is 0.684. The van der Waals surface area contributed by atoms with Crippen molar-refractivity contribution in [3.63, 3.8) is 0 Å². The third-order valence-corrected chi connectivity index (χ3v) is 3.68. The lowest BCUT2D eigenvalue weighted by atomic mass is 10.1. The molecule has 0 fully saturated rings. The fourth-order valence-corrected chi connectivity index (χ4v) is 2.43. The molecule has 0 bridgehead atoms. The van der Waals surface area contributed by atoms with Crippen molar-refractivity contribution in [2.45, 2.75) is 32.9 Å². The summed E-state index contributed by atoms with van der Waals surface area (Å²) in [7, 11) is 1.58. The SMILES string of the molecule is COc1cc(C(C)NC(=O)/C=C/c2cccc(F)c2)ccc1OC(C)C.